The molecule has 114 valence electrons. The average Bonchev–Trinajstić information content (AvgIpc) is 3.36. The summed E-state index contributed by atoms with van der Waals surface area (Å²) in [6, 6.07) is 7.16. The summed E-state index contributed by atoms with van der Waals surface area (Å²) < 4.78 is 0. The van der Waals surface area contributed by atoms with Gasteiger partial charge in [0, 0.05) is 17.6 Å². The van der Waals surface area contributed by atoms with Gasteiger partial charge in [0.15, 0.2) is 0 Å². The van der Waals surface area contributed by atoms with Gasteiger partial charge in [-0.15, -0.1) is 0 Å². The van der Waals surface area contributed by atoms with Gasteiger partial charge in [-0.2, -0.15) is 0 Å². The van der Waals surface area contributed by atoms with Gasteiger partial charge in [0.05, 0.1) is 6.10 Å². The number of carbonyl (C=O) groups excluding carboxylic acids is 1. The van der Waals surface area contributed by atoms with E-state index in [0.717, 1.165) is 5.56 Å². The molecule has 2 aliphatic rings. The molecule has 0 heterocycles. The third kappa shape index (κ3) is 4.11. The van der Waals surface area contributed by atoms with Gasteiger partial charge in [-0.25, -0.2) is 4.79 Å². The monoisotopic (exact) mass is 308 g/mol. The molecule has 5 heteroatoms. The van der Waals surface area contributed by atoms with Crippen molar-refractivity contribution in [2.75, 3.05) is 6.54 Å². The first kappa shape index (κ1) is 14.7. The summed E-state index contributed by atoms with van der Waals surface area (Å²) in [6.45, 7) is 0.204. The smallest absolute Gasteiger partial charge is 0.315 e. The second-order valence-corrected chi connectivity index (χ2v) is 6.56. The van der Waals surface area contributed by atoms with Crippen LogP contribution in [0, 0.1) is 11.8 Å². The van der Waals surface area contributed by atoms with Crippen molar-refractivity contribution in [2.24, 2.45) is 11.8 Å². The summed E-state index contributed by atoms with van der Waals surface area (Å²) in [7, 11) is 0. The van der Waals surface area contributed by atoms with Crippen LogP contribution in [0.5, 0.6) is 0 Å². The van der Waals surface area contributed by atoms with E-state index < -0.39 is 6.10 Å². The highest BCUT2D eigenvalue weighted by Crippen LogP contribution is 2.44. The fourth-order valence-corrected chi connectivity index (χ4v) is 2.85. The first-order chi connectivity index (χ1) is 10.1. The van der Waals surface area contributed by atoms with E-state index >= 15 is 0 Å². The van der Waals surface area contributed by atoms with Gasteiger partial charge < -0.3 is 15.7 Å². The number of halogens is 1. The van der Waals surface area contributed by atoms with Crippen LogP contribution in [-0.4, -0.2) is 23.7 Å². The molecule has 0 saturated heterocycles. The molecule has 0 aliphatic heterocycles. The molecule has 1 atom stereocenters. The molecule has 1 unspecified atom stereocenters. The van der Waals surface area contributed by atoms with Crippen molar-refractivity contribution >= 4 is 17.6 Å². The Hall–Kier alpha value is -1.26. The van der Waals surface area contributed by atoms with Gasteiger partial charge in [-0.3, -0.25) is 0 Å². The van der Waals surface area contributed by atoms with E-state index in [0.29, 0.717) is 22.9 Å². The summed E-state index contributed by atoms with van der Waals surface area (Å²) in [5.41, 5.74) is 0.751. The topological polar surface area (TPSA) is 61.4 Å². The van der Waals surface area contributed by atoms with Crippen molar-refractivity contribution in [3.63, 3.8) is 0 Å². The Morgan fingerprint density at radius 2 is 1.76 bits per heavy atom. The van der Waals surface area contributed by atoms with Crippen LogP contribution in [0.1, 0.15) is 37.4 Å². The summed E-state index contributed by atoms with van der Waals surface area (Å²) in [5.74, 6) is 1.34. The molecule has 0 aromatic heterocycles. The predicted molar refractivity (Wildman–Crippen MR) is 82.2 cm³/mol. The predicted octanol–water partition coefficient (Wildman–Crippen LogP) is 2.86. The van der Waals surface area contributed by atoms with Crippen LogP contribution in [-0.2, 0) is 0 Å². The third-order valence-corrected chi connectivity index (χ3v) is 4.52. The average molecular weight is 309 g/mol. The Kier molecular flexibility index (Phi) is 4.36. The van der Waals surface area contributed by atoms with Crippen molar-refractivity contribution < 1.29 is 9.90 Å². The zero-order valence-corrected chi connectivity index (χ0v) is 12.6. The van der Waals surface area contributed by atoms with Crippen LogP contribution in [0.4, 0.5) is 4.79 Å². The molecule has 1 aromatic carbocycles. The molecule has 3 N–H and O–H groups in total. The molecule has 2 fully saturated rings. The zero-order valence-electron chi connectivity index (χ0n) is 11.9. The van der Waals surface area contributed by atoms with Crippen molar-refractivity contribution in [3.8, 4) is 0 Å². The van der Waals surface area contributed by atoms with Crippen LogP contribution in [0.3, 0.4) is 0 Å². The summed E-state index contributed by atoms with van der Waals surface area (Å²) in [6.07, 6.45) is 4.21. The molecular weight excluding hydrogens is 288 g/mol. The molecule has 3 rings (SSSR count). The van der Waals surface area contributed by atoms with E-state index in [1.807, 2.05) is 0 Å². The van der Waals surface area contributed by atoms with Crippen molar-refractivity contribution in [3.05, 3.63) is 34.9 Å². The van der Waals surface area contributed by atoms with E-state index in [1.54, 1.807) is 24.3 Å². The molecule has 0 bridgehead atoms. The Bertz CT molecular complexity index is 486. The lowest BCUT2D eigenvalue weighted by Crippen LogP contribution is -2.45. The van der Waals surface area contributed by atoms with Gasteiger partial charge in [0.1, 0.15) is 0 Å². The number of amides is 2. The first-order valence-corrected chi connectivity index (χ1v) is 7.99. The SMILES string of the molecule is O=C(NCC(O)c1ccc(Cl)cc1)NC(C1CC1)C1CC1. The van der Waals surface area contributed by atoms with E-state index in [-0.39, 0.29) is 12.6 Å². The molecule has 21 heavy (non-hydrogen) atoms. The maximum absolute atomic E-state index is 12.0. The van der Waals surface area contributed by atoms with E-state index in [2.05, 4.69) is 10.6 Å². The molecule has 0 radical (unpaired) electrons. The van der Waals surface area contributed by atoms with Crippen molar-refractivity contribution in [2.45, 2.75) is 37.8 Å². The van der Waals surface area contributed by atoms with Crippen LogP contribution in [0.25, 0.3) is 0 Å². The van der Waals surface area contributed by atoms with Crippen LogP contribution in [0.2, 0.25) is 5.02 Å². The largest absolute Gasteiger partial charge is 0.387 e. The van der Waals surface area contributed by atoms with Gasteiger partial charge in [-0.05, 0) is 55.2 Å². The van der Waals surface area contributed by atoms with Crippen molar-refractivity contribution in [1.29, 1.82) is 0 Å². The zero-order chi connectivity index (χ0) is 14.8. The molecule has 1 aromatic rings. The van der Waals surface area contributed by atoms with Crippen LogP contribution in [0.15, 0.2) is 24.3 Å². The summed E-state index contributed by atoms with van der Waals surface area (Å²) >= 11 is 5.81. The van der Waals surface area contributed by atoms with Crippen LogP contribution >= 0.6 is 11.6 Å². The Balaban J connectivity index is 1.45. The molecule has 4 nitrogen and oxygen atoms in total. The maximum Gasteiger partial charge on any atom is 0.315 e. The first-order valence-electron chi connectivity index (χ1n) is 7.61. The Morgan fingerprint density at radius 3 is 2.29 bits per heavy atom. The highest BCUT2D eigenvalue weighted by Gasteiger charge is 2.42. The molecule has 2 amide bonds. The number of carbonyl (C=O) groups is 1. The number of nitrogens with one attached hydrogen (secondary N) is 2. The van der Waals surface area contributed by atoms with E-state index in [1.165, 1.54) is 25.7 Å². The fraction of sp³-hybridized carbons (Fsp3) is 0.562. The lowest BCUT2D eigenvalue weighted by atomic mass is 10.1. The van der Waals surface area contributed by atoms with Crippen LogP contribution < -0.4 is 10.6 Å². The van der Waals surface area contributed by atoms with Gasteiger partial charge in [-0.1, -0.05) is 23.7 Å². The molecular formula is C16H21ClN2O2. The summed E-state index contributed by atoms with van der Waals surface area (Å²) in [4.78, 5) is 12.0. The lowest BCUT2D eigenvalue weighted by Gasteiger charge is -2.19. The molecule has 2 saturated carbocycles. The number of aliphatic hydroxyl groups excluding tert-OH is 1. The van der Waals surface area contributed by atoms with E-state index in [4.69, 9.17) is 11.6 Å². The maximum atomic E-state index is 12.0. The quantitative estimate of drug-likeness (QED) is 0.757. The lowest BCUT2D eigenvalue weighted by molar-refractivity contribution is 0.172. The molecule has 0 spiro atoms. The minimum absolute atomic E-state index is 0.174. The number of hydrogen-bond donors (Lipinski definition) is 3. The second kappa shape index (κ2) is 6.24. The number of hydrogen-bond acceptors (Lipinski definition) is 2. The minimum Gasteiger partial charge on any atom is -0.387 e. The van der Waals surface area contributed by atoms with Gasteiger partial charge in [0.2, 0.25) is 0 Å². The molecule has 2 aliphatic carbocycles. The highest BCUT2D eigenvalue weighted by molar-refractivity contribution is 6.30. The fourth-order valence-electron chi connectivity index (χ4n) is 2.73. The van der Waals surface area contributed by atoms with Gasteiger partial charge >= 0.3 is 6.03 Å². The minimum atomic E-state index is -0.715. The third-order valence-electron chi connectivity index (χ3n) is 4.27. The number of benzene rings is 1. The highest BCUT2D eigenvalue weighted by atomic mass is 35.5. The number of rotatable bonds is 6. The van der Waals surface area contributed by atoms with Crippen molar-refractivity contribution in [1.82, 2.24) is 10.6 Å². The number of urea groups is 1. The van der Waals surface area contributed by atoms with Gasteiger partial charge in [0.25, 0.3) is 0 Å². The van der Waals surface area contributed by atoms with E-state index in [9.17, 15) is 9.90 Å². The standard InChI is InChI=1S/C16H21ClN2O2/c17-13-7-5-10(6-8-13)14(20)9-18-16(21)19-15(11-1-2-11)12-3-4-12/h5-8,11-12,14-15,20H,1-4,9H2,(H2,18,19,21). The summed E-state index contributed by atoms with van der Waals surface area (Å²) in [5, 5.41) is 16.5. The second-order valence-electron chi connectivity index (χ2n) is 6.12. The number of aliphatic hydroxyl groups is 1. The Morgan fingerprint density at radius 1 is 1.19 bits per heavy atom. The normalized spacial score (nSPS) is 19.4. The Labute approximate surface area is 129 Å².